The molecule has 24 heavy (non-hydrogen) atoms. The highest BCUT2D eigenvalue weighted by atomic mass is 32.2. The van der Waals surface area contributed by atoms with Gasteiger partial charge in [-0.15, -0.1) is 0 Å². The first-order valence-electron chi connectivity index (χ1n) is 7.20. The average Bonchev–Trinajstić information content (AvgIpc) is 2.82. The second-order valence-corrected chi connectivity index (χ2v) is 5.90. The molecule has 2 rings (SSSR count). The van der Waals surface area contributed by atoms with Crippen LogP contribution < -0.4 is 9.47 Å². The predicted octanol–water partition coefficient (Wildman–Crippen LogP) is 2.60. The number of likely N-dealkylation sites (N-methyl/N-ethyl adjacent to an activating group) is 1. The Kier molecular flexibility index (Phi) is 5.50. The third-order valence-electron chi connectivity index (χ3n) is 3.35. The van der Waals surface area contributed by atoms with E-state index >= 15 is 0 Å². The molecule has 0 saturated carbocycles. The number of carboxylic acid groups (broad SMARTS) is 1. The molecule has 8 heteroatoms. The summed E-state index contributed by atoms with van der Waals surface area (Å²) in [5.41, 5.74) is 0.462. The third-order valence-corrected chi connectivity index (χ3v) is 4.26. The van der Waals surface area contributed by atoms with Crippen molar-refractivity contribution in [3.05, 3.63) is 28.7 Å². The van der Waals surface area contributed by atoms with Crippen LogP contribution in [-0.4, -0.2) is 46.9 Å². The number of rotatable bonds is 6. The second kappa shape index (κ2) is 7.39. The van der Waals surface area contributed by atoms with Crippen molar-refractivity contribution < 1.29 is 29.0 Å². The first-order chi connectivity index (χ1) is 11.4. The zero-order chi connectivity index (χ0) is 17.9. The van der Waals surface area contributed by atoms with E-state index in [0.29, 0.717) is 17.9 Å². The van der Waals surface area contributed by atoms with Gasteiger partial charge in [-0.2, -0.15) is 0 Å². The molecular weight excluding hydrogens is 334 g/mol. The Balaban J connectivity index is 2.44. The lowest BCUT2D eigenvalue weighted by atomic mass is 10.1. The van der Waals surface area contributed by atoms with E-state index in [-0.39, 0.29) is 21.8 Å². The summed E-state index contributed by atoms with van der Waals surface area (Å²) < 4.78 is 10.7. The van der Waals surface area contributed by atoms with E-state index in [1.165, 1.54) is 20.1 Å². The van der Waals surface area contributed by atoms with Crippen molar-refractivity contribution in [2.24, 2.45) is 0 Å². The van der Waals surface area contributed by atoms with Gasteiger partial charge in [-0.3, -0.25) is 14.5 Å². The Labute approximate surface area is 143 Å². The van der Waals surface area contributed by atoms with Gasteiger partial charge >= 0.3 is 5.97 Å². The number of amides is 2. The summed E-state index contributed by atoms with van der Waals surface area (Å²) >= 11 is 0.834. The van der Waals surface area contributed by atoms with Crippen LogP contribution in [-0.2, 0) is 9.59 Å². The first kappa shape index (κ1) is 17.9. The second-order valence-electron chi connectivity index (χ2n) is 4.90. The molecule has 1 aromatic rings. The Bertz CT molecular complexity index is 715. The molecular formula is C16H17NO6S. The lowest BCUT2D eigenvalue weighted by Gasteiger charge is -2.16. The first-order valence-corrected chi connectivity index (χ1v) is 8.02. The normalized spacial score (nSPS) is 17.3. The van der Waals surface area contributed by atoms with Gasteiger partial charge in [-0.25, -0.2) is 4.79 Å². The topological polar surface area (TPSA) is 93.1 Å². The highest BCUT2D eigenvalue weighted by molar-refractivity contribution is 8.18. The molecule has 1 fully saturated rings. The van der Waals surface area contributed by atoms with Crippen LogP contribution >= 0.6 is 11.8 Å². The van der Waals surface area contributed by atoms with Gasteiger partial charge in [0.1, 0.15) is 0 Å². The van der Waals surface area contributed by atoms with Gasteiger partial charge in [0.05, 0.1) is 12.0 Å². The predicted molar refractivity (Wildman–Crippen MR) is 89.1 cm³/mol. The molecule has 0 aliphatic carbocycles. The summed E-state index contributed by atoms with van der Waals surface area (Å²) in [5.74, 6) is -0.963. The fourth-order valence-electron chi connectivity index (χ4n) is 2.07. The largest absolute Gasteiger partial charge is 0.493 e. The van der Waals surface area contributed by atoms with Crippen LogP contribution in [0.25, 0.3) is 6.08 Å². The number of para-hydroxylation sites is 1. The standard InChI is InChI=1S/C16H17NO6S/c1-4-17-14(18)12(24-16(17)21)8-10-6-5-7-11(22-3)13(10)23-9(2)15(19)20/h5-9H,4H2,1-3H3,(H,19,20)/b12-8-/t9-/m1/s1. The SMILES string of the molecule is CCN1C(=O)S/C(=C\c2cccc(OC)c2O[C@H](C)C(=O)O)C1=O. The molecule has 0 bridgehead atoms. The molecule has 0 spiro atoms. The number of ether oxygens (including phenoxy) is 2. The van der Waals surface area contributed by atoms with E-state index in [0.717, 1.165) is 16.7 Å². The number of methoxy groups -OCH3 is 1. The molecule has 7 nitrogen and oxygen atoms in total. The van der Waals surface area contributed by atoms with Crippen molar-refractivity contribution in [2.45, 2.75) is 20.0 Å². The van der Waals surface area contributed by atoms with Crippen molar-refractivity contribution in [3.8, 4) is 11.5 Å². The molecule has 1 aromatic carbocycles. The number of carbonyl (C=O) groups is 3. The zero-order valence-corrected chi connectivity index (χ0v) is 14.3. The minimum absolute atomic E-state index is 0.207. The molecule has 2 amide bonds. The van der Waals surface area contributed by atoms with E-state index < -0.39 is 12.1 Å². The minimum Gasteiger partial charge on any atom is -0.493 e. The quantitative estimate of drug-likeness (QED) is 0.787. The number of benzene rings is 1. The van der Waals surface area contributed by atoms with E-state index in [9.17, 15) is 14.4 Å². The van der Waals surface area contributed by atoms with E-state index in [2.05, 4.69) is 0 Å². The number of hydrogen-bond acceptors (Lipinski definition) is 6. The van der Waals surface area contributed by atoms with Crippen LogP contribution in [0, 0.1) is 0 Å². The number of imide groups is 1. The van der Waals surface area contributed by atoms with Crippen molar-refractivity contribution in [2.75, 3.05) is 13.7 Å². The number of carboxylic acids is 1. The number of thioether (sulfide) groups is 1. The lowest BCUT2D eigenvalue weighted by molar-refractivity contribution is -0.144. The maximum absolute atomic E-state index is 12.2. The average molecular weight is 351 g/mol. The number of carbonyl (C=O) groups excluding carboxylic acids is 2. The van der Waals surface area contributed by atoms with E-state index in [1.54, 1.807) is 25.1 Å². The van der Waals surface area contributed by atoms with Crippen LogP contribution in [0.4, 0.5) is 4.79 Å². The molecule has 0 aromatic heterocycles. The Hall–Kier alpha value is -2.48. The summed E-state index contributed by atoms with van der Waals surface area (Å²) in [6.07, 6.45) is 0.409. The van der Waals surface area contributed by atoms with Gasteiger partial charge in [-0.05, 0) is 37.8 Å². The van der Waals surface area contributed by atoms with Gasteiger partial charge in [0, 0.05) is 12.1 Å². The Morgan fingerprint density at radius 1 is 1.42 bits per heavy atom. The van der Waals surface area contributed by atoms with Crippen LogP contribution in [0.5, 0.6) is 11.5 Å². The molecule has 1 aliphatic rings. The summed E-state index contributed by atoms with van der Waals surface area (Å²) in [6.45, 7) is 3.40. The Morgan fingerprint density at radius 3 is 2.67 bits per heavy atom. The van der Waals surface area contributed by atoms with E-state index in [1.807, 2.05) is 0 Å². The van der Waals surface area contributed by atoms with Gasteiger partial charge in [0.25, 0.3) is 11.1 Å². The maximum atomic E-state index is 12.2. The van der Waals surface area contributed by atoms with Gasteiger partial charge < -0.3 is 14.6 Å². The van der Waals surface area contributed by atoms with Crippen molar-refractivity contribution in [3.63, 3.8) is 0 Å². The summed E-state index contributed by atoms with van der Waals surface area (Å²) in [7, 11) is 1.43. The molecule has 1 N–H and O–H groups in total. The smallest absolute Gasteiger partial charge is 0.344 e. The fourth-order valence-corrected chi connectivity index (χ4v) is 2.97. The number of hydrogen-bond donors (Lipinski definition) is 1. The van der Waals surface area contributed by atoms with Crippen LogP contribution in [0.15, 0.2) is 23.1 Å². The molecule has 1 heterocycles. The molecule has 1 aliphatic heterocycles. The Morgan fingerprint density at radius 2 is 2.12 bits per heavy atom. The third kappa shape index (κ3) is 3.53. The molecule has 1 saturated heterocycles. The highest BCUT2D eigenvalue weighted by Gasteiger charge is 2.34. The lowest BCUT2D eigenvalue weighted by Crippen LogP contribution is -2.27. The van der Waals surface area contributed by atoms with Crippen LogP contribution in [0.1, 0.15) is 19.4 Å². The van der Waals surface area contributed by atoms with Crippen molar-refractivity contribution in [1.29, 1.82) is 0 Å². The number of aliphatic carboxylic acids is 1. The fraction of sp³-hybridized carbons (Fsp3) is 0.312. The minimum atomic E-state index is -1.13. The highest BCUT2D eigenvalue weighted by Crippen LogP contribution is 2.37. The molecule has 1 atom stereocenters. The molecule has 0 radical (unpaired) electrons. The van der Waals surface area contributed by atoms with Gasteiger partial charge in [-0.1, -0.05) is 12.1 Å². The molecule has 0 unspecified atom stereocenters. The zero-order valence-electron chi connectivity index (χ0n) is 13.4. The monoisotopic (exact) mass is 351 g/mol. The summed E-state index contributed by atoms with van der Waals surface area (Å²) in [6, 6.07) is 4.97. The van der Waals surface area contributed by atoms with Crippen molar-refractivity contribution >= 4 is 35.0 Å². The van der Waals surface area contributed by atoms with Crippen LogP contribution in [0.3, 0.4) is 0 Å². The summed E-state index contributed by atoms with van der Waals surface area (Å²) in [5, 5.41) is 8.70. The van der Waals surface area contributed by atoms with Gasteiger partial charge in [0.15, 0.2) is 17.6 Å². The number of nitrogens with zero attached hydrogens (tertiary/aromatic N) is 1. The molecule has 128 valence electrons. The van der Waals surface area contributed by atoms with Crippen molar-refractivity contribution in [1.82, 2.24) is 4.90 Å². The maximum Gasteiger partial charge on any atom is 0.344 e. The summed E-state index contributed by atoms with van der Waals surface area (Å²) in [4.78, 5) is 36.4. The van der Waals surface area contributed by atoms with Crippen LogP contribution in [0.2, 0.25) is 0 Å². The van der Waals surface area contributed by atoms with E-state index in [4.69, 9.17) is 14.6 Å². The van der Waals surface area contributed by atoms with Gasteiger partial charge in [0.2, 0.25) is 0 Å².